The standard InChI is InChI=1S/C11H15Br/c1-8(2)6-10-7-11(12)5-4-9(10)3/h4-5,7-8H,6H2,1-3H3. The molecule has 0 nitrogen and oxygen atoms in total. The predicted octanol–water partition coefficient (Wildman–Crippen LogP) is 3.96. The van der Waals surface area contributed by atoms with E-state index in [4.69, 9.17) is 0 Å². The van der Waals surface area contributed by atoms with E-state index in [1.807, 2.05) is 0 Å². The Bertz CT molecular complexity index is 264. The van der Waals surface area contributed by atoms with Crippen LogP contribution in [0.15, 0.2) is 22.7 Å². The van der Waals surface area contributed by atoms with Gasteiger partial charge in [0.1, 0.15) is 0 Å². The molecule has 0 aliphatic carbocycles. The van der Waals surface area contributed by atoms with Crippen LogP contribution in [0.3, 0.4) is 0 Å². The van der Waals surface area contributed by atoms with Gasteiger partial charge in [0.2, 0.25) is 0 Å². The van der Waals surface area contributed by atoms with E-state index in [0.717, 1.165) is 5.92 Å². The van der Waals surface area contributed by atoms with Gasteiger partial charge in [0.15, 0.2) is 0 Å². The Kier molecular flexibility index (Phi) is 3.33. The van der Waals surface area contributed by atoms with E-state index in [0.29, 0.717) is 0 Å². The summed E-state index contributed by atoms with van der Waals surface area (Å²) in [5.41, 5.74) is 2.85. The highest BCUT2D eigenvalue weighted by Gasteiger charge is 2.01. The van der Waals surface area contributed by atoms with Gasteiger partial charge in [-0.3, -0.25) is 0 Å². The Hall–Kier alpha value is -0.300. The Balaban J connectivity index is 2.90. The SMILES string of the molecule is Cc1ccc(Br)cc1CC(C)C. The summed E-state index contributed by atoms with van der Waals surface area (Å²) in [5, 5.41) is 0. The summed E-state index contributed by atoms with van der Waals surface area (Å²) >= 11 is 3.49. The molecule has 0 radical (unpaired) electrons. The number of benzene rings is 1. The summed E-state index contributed by atoms with van der Waals surface area (Å²) in [4.78, 5) is 0. The molecular weight excluding hydrogens is 212 g/mol. The van der Waals surface area contributed by atoms with Gasteiger partial charge >= 0.3 is 0 Å². The van der Waals surface area contributed by atoms with E-state index < -0.39 is 0 Å². The first-order chi connectivity index (χ1) is 5.59. The van der Waals surface area contributed by atoms with Gasteiger partial charge in [0.05, 0.1) is 0 Å². The second-order valence-corrected chi connectivity index (χ2v) is 4.58. The summed E-state index contributed by atoms with van der Waals surface area (Å²) < 4.78 is 1.18. The van der Waals surface area contributed by atoms with Crippen LogP contribution < -0.4 is 0 Å². The molecule has 0 saturated heterocycles. The van der Waals surface area contributed by atoms with Crippen LogP contribution in [0.25, 0.3) is 0 Å². The lowest BCUT2D eigenvalue weighted by molar-refractivity contribution is 0.645. The highest BCUT2D eigenvalue weighted by Crippen LogP contribution is 2.18. The fourth-order valence-corrected chi connectivity index (χ4v) is 1.71. The first kappa shape index (κ1) is 9.79. The van der Waals surface area contributed by atoms with E-state index in [1.165, 1.54) is 22.0 Å². The Morgan fingerprint density at radius 2 is 2.00 bits per heavy atom. The summed E-state index contributed by atoms with van der Waals surface area (Å²) in [5.74, 6) is 0.734. The second kappa shape index (κ2) is 4.08. The van der Waals surface area contributed by atoms with Crippen LogP contribution in [-0.4, -0.2) is 0 Å². The lowest BCUT2D eigenvalue weighted by Crippen LogP contribution is -1.96. The maximum Gasteiger partial charge on any atom is 0.0178 e. The number of hydrogen-bond donors (Lipinski definition) is 0. The van der Waals surface area contributed by atoms with Crippen molar-refractivity contribution in [2.24, 2.45) is 5.92 Å². The highest BCUT2D eigenvalue weighted by molar-refractivity contribution is 9.10. The van der Waals surface area contributed by atoms with Gasteiger partial charge in [-0.1, -0.05) is 35.8 Å². The van der Waals surface area contributed by atoms with Crippen LogP contribution in [0.5, 0.6) is 0 Å². The summed E-state index contributed by atoms with van der Waals surface area (Å²) in [6.07, 6.45) is 1.17. The maximum atomic E-state index is 3.49. The third kappa shape index (κ3) is 2.63. The van der Waals surface area contributed by atoms with Gasteiger partial charge in [0.25, 0.3) is 0 Å². The minimum absolute atomic E-state index is 0.734. The number of hydrogen-bond acceptors (Lipinski definition) is 0. The summed E-state index contributed by atoms with van der Waals surface area (Å²) in [7, 11) is 0. The molecule has 0 heterocycles. The van der Waals surface area contributed by atoms with Crippen molar-refractivity contribution >= 4 is 15.9 Å². The molecule has 1 aromatic carbocycles. The molecule has 1 heteroatoms. The van der Waals surface area contributed by atoms with Crippen molar-refractivity contribution < 1.29 is 0 Å². The quantitative estimate of drug-likeness (QED) is 0.717. The average molecular weight is 227 g/mol. The van der Waals surface area contributed by atoms with Crippen molar-refractivity contribution in [1.82, 2.24) is 0 Å². The molecule has 12 heavy (non-hydrogen) atoms. The number of aryl methyl sites for hydroxylation is 1. The molecule has 0 amide bonds. The third-order valence-corrected chi connectivity index (χ3v) is 2.43. The zero-order chi connectivity index (χ0) is 9.14. The molecule has 66 valence electrons. The molecule has 0 atom stereocenters. The van der Waals surface area contributed by atoms with Crippen LogP contribution in [0.1, 0.15) is 25.0 Å². The molecule has 0 bridgehead atoms. The first-order valence-corrected chi connectivity index (χ1v) is 5.14. The lowest BCUT2D eigenvalue weighted by Gasteiger charge is -2.08. The minimum atomic E-state index is 0.734. The topological polar surface area (TPSA) is 0 Å². The van der Waals surface area contributed by atoms with E-state index in [1.54, 1.807) is 0 Å². The van der Waals surface area contributed by atoms with Crippen LogP contribution in [0.2, 0.25) is 0 Å². The van der Waals surface area contributed by atoms with Crippen molar-refractivity contribution in [2.45, 2.75) is 27.2 Å². The zero-order valence-corrected chi connectivity index (χ0v) is 9.48. The molecular formula is C11H15Br. The monoisotopic (exact) mass is 226 g/mol. The molecule has 0 N–H and O–H groups in total. The Morgan fingerprint density at radius 1 is 1.33 bits per heavy atom. The maximum absolute atomic E-state index is 3.49. The van der Waals surface area contributed by atoms with Crippen molar-refractivity contribution in [3.05, 3.63) is 33.8 Å². The third-order valence-electron chi connectivity index (χ3n) is 1.94. The minimum Gasteiger partial charge on any atom is -0.0625 e. The average Bonchev–Trinajstić information content (AvgIpc) is 1.96. The molecule has 0 aromatic heterocycles. The van der Waals surface area contributed by atoms with E-state index in [2.05, 4.69) is 54.9 Å². The smallest absolute Gasteiger partial charge is 0.0178 e. The van der Waals surface area contributed by atoms with Crippen LogP contribution in [0, 0.1) is 12.8 Å². The van der Waals surface area contributed by atoms with Crippen molar-refractivity contribution in [3.63, 3.8) is 0 Å². The summed E-state index contributed by atoms with van der Waals surface area (Å²) in [6, 6.07) is 6.48. The fourth-order valence-electron chi connectivity index (χ4n) is 1.30. The normalized spacial score (nSPS) is 10.8. The van der Waals surface area contributed by atoms with E-state index in [9.17, 15) is 0 Å². The van der Waals surface area contributed by atoms with Crippen molar-refractivity contribution in [2.75, 3.05) is 0 Å². The Labute approximate surface area is 83.1 Å². The van der Waals surface area contributed by atoms with Gasteiger partial charge in [-0.15, -0.1) is 0 Å². The van der Waals surface area contributed by atoms with Gasteiger partial charge < -0.3 is 0 Å². The van der Waals surface area contributed by atoms with Gasteiger partial charge in [-0.2, -0.15) is 0 Å². The van der Waals surface area contributed by atoms with Crippen molar-refractivity contribution in [1.29, 1.82) is 0 Å². The molecule has 0 saturated carbocycles. The Morgan fingerprint density at radius 3 is 2.58 bits per heavy atom. The van der Waals surface area contributed by atoms with Crippen LogP contribution in [-0.2, 0) is 6.42 Å². The van der Waals surface area contributed by atoms with Crippen LogP contribution >= 0.6 is 15.9 Å². The van der Waals surface area contributed by atoms with E-state index >= 15 is 0 Å². The number of halogens is 1. The number of rotatable bonds is 2. The molecule has 0 aliphatic rings. The predicted molar refractivity (Wildman–Crippen MR) is 57.4 cm³/mol. The molecule has 1 rings (SSSR count). The zero-order valence-electron chi connectivity index (χ0n) is 7.89. The van der Waals surface area contributed by atoms with Gasteiger partial charge in [-0.05, 0) is 42.5 Å². The van der Waals surface area contributed by atoms with E-state index in [-0.39, 0.29) is 0 Å². The van der Waals surface area contributed by atoms with Gasteiger partial charge in [-0.25, -0.2) is 0 Å². The summed E-state index contributed by atoms with van der Waals surface area (Å²) in [6.45, 7) is 6.67. The molecule has 0 fully saturated rings. The fraction of sp³-hybridized carbons (Fsp3) is 0.455. The molecule has 0 spiro atoms. The largest absolute Gasteiger partial charge is 0.0625 e. The molecule has 1 aromatic rings. The molecule has 0 aliphatic heterocycles. The van der Waals surface area contributed by atoms with Gasteiger partial charge in [0, 0.05) is 4.47 Å². The van der Waals surface area contributed by atoms with Crippen molar-refractivity contribution in [3.8, 4) is 0 Å². The first-order valence-electron chi connectivity index (χ1n) is 4.34. The highest BCUT2D eigenvalue weighted by atomic mass is 79.9. The second-order valence-electron chi connectivity index (χ2n) is 3.67. The lowest BCUT2D eigenvalue weighted by atomic mass is 9.99. The molecule has 0 unspecified atom stereocenters. The van der Waals surface area contributed by atoms with Crippen LogP contribution in [0.4, 0.5) is 0 Å².